The third-order valence-electron chi connectivity index (χ3n) is 6.47. The lowest BCUT2D eigenvalue weighted by atomic mass is 9.96. The second kappa shape index (κ2) is 9.57. The molecule has 7 nitrogen and oxygen atoms in total. The maximum Gasteiger partial charge on any atom is 0.321 e. The number of hydrogen-bond acceptors (Lipinski definition) is 4. The van der Waals surface area contributed by atoms with Gasteiger partial charge in [-0.05, 0) is 62.4 Å². The molecular formula is C26H29N3O4. The van der Waals surface area contributed by atoms with Crippen LogP contribution in [0.1, 0.15) is 37.0 Å². The van der Waals surface area contributed by atoms with E-state index in [0.717, 1.165) is 48.1 Å². The Morgan fingerprint density at radius 3 is 2.64 bits per heavy atom. The first-order valence-electron chi connectivity index (χ1n) is 11.7. The summed E-state index contributed by atoms with van der Waals surface area (Å²) in [6, 6.07) is 15.1. The first kappa shape index (κ1) is 21.4. The van der Waals surface area contributed by atoms with Crippen LogP contribution in [0.4, 0.5) is 10.5 Å². The molecule has 0 saturated carbocycles. The predicted octanol–water partition coefficient (Wildman–Crippen LogP) is 4.50. The number of fused-ring (bicyclic) bond motifs is 3. The molecule has 2 N–H and O–H groups in total. The Kier molecular flexibility index (Phi) is 6.19. The number of carbonyl (C=O) groups is 2. The normalized spacial score (nSPS) is 16.3. The van der Waals surface area contributed by atoms with Crippen molar-refractivity contribution < 1.29 is 18.7 Å². The van der Waals surface area contributed by atoms with Crippen LogP contribution in [0, 0.1) is 0 Å². The summed E-state index contributed by atoms with van der Waals surface area (Å²) in [6.07, 6.45) is 5.83. The lowest BCUT2D eigenvalue weighted by Crippen LogP contribution is -2.48. The fourth-order valence-corrected chi connectivity index (χ4v) is 4.70. The number of furan rings is 1. The summed E-state index contributed by atoms with van der Waals surface area (Å²) in [6.45, 7) is 1.18. The van der Waals surface area contributed by atoms with Crippen molar-refractivity contribution >= 4 is 28.6 Å². The number of rotatable bonds is 5. The first-order valence-corrected chi connectivity index (χ1v) is 11.7. The van der Waals surface area contributed by atoms with Gasteiger partial charge in [-0.15, -0.1) is 0 Å². The summed E-state index contributed by atoms with van der Waals surface area (Å²) in [7, 11) is 0. The minimum atomic E-state index is -0.142. The molecule has 3 aromatic rings. The molecule has 3 amide bonds. The number of carbonyl (C=O) groups excluding carboxylic acids is 2. The summed E-state index contributed by atoms with van der Waals surface area (Å²) < 4.78 is 11.7. The number of amides is 3. The summed E-state index contributed by atoms with van der Waals surface area (Å²) in [5.41, 5.74) is 2.96. The molecule has 1 aromatic heterocycles. The lowest BCUT2D eigenvalue weighted by Gasteiger charge is -2.32. The second-order valence-electron chi connectivity index (χ2n) is 8.78. The van der Waals surface area contributed by atoms with Crippen molar-refractivity contribution in [3.05, 3.63) is 59.9 Å². The molecule has 1 aliphatic heterocycles. The average Bonchev–Trinajstić information content (AvgIpc) is 3.22. The van der Waals surface area contributed by atoms with E-state index in [4.69, 9.17) is 9.15 Å². The largest absolute Gasteiger partial charge is 0.484 e. The van der Waals surface area contributed by atoms with E-state index in [1.165, 1.54) is 18.4 Å². The highest BCUT2D eigenvalue weighted by Crippen LogP contribution is 2.33. The van der Waals surface area contributed by atoms with Gasteiger partial charge in [0.15, 0.2) is 6.61 Å². The van der Waals surface area contributed by atoms with Gasteiger partial charge in [-0.3, -0.25) is 4.79 Å². The van der Waals surface area contributed by atoms with Gasteiger partial charge in [0.05, 0.1) is 0 Å². The summed E-state index contributed by atoms with van der Waals surface area (Å²) >= 11 is 0. The van der Waals surface area contributed by atoms with E-state index in [9.17, 15) is 9.59 Å². The minimum absolute atomic E-state index is 0.0275. The van der Waals surface area contributed by atoms with Crippen LogP contribution in [-0.4, -0.2) is 42.6 Å². The number of para-hydroxylation sites is 1. The molecule has 5 rings (SSSR count). The van der Waals surface area contributed by atoms with Crippen LogP contribution in [0.2, 0.25) is 0 Å². The maximum atomic E-state index is 12.4. The Hall–Kier alpha value is -3.48. The van der Waals surface area contributed by atoms with Crippen LogP contribution in [0.15, 0.2) is 52.9 Å². The Morgan fingerprint density at radius 2 is 1.82 bits per heavy atom. The zero-order valence-corrected chi connectivity index (χ0v) is 18.6. The molecule has 0 bridgehead atoms. The van der Waals surface area contributed by atoms with Crippen LogP contribution in [0.3, 0.4) is 0 Å². The Morgan fingerprint density at radius 1 is 1.03 bits per heavy atom. The number of nitrogens with one attached hydrogen (secondary N) is 2. The molecule has 0 spiro atoms. The number of aryl methyl sites for hydroxylation is 2. The molecule has 172 valence electrons. The zero-order chi connectivity index (χ0) is 22.6. The van der Waals surface area contributed by atoms with Gasteiger partial charge in [-0.25, -0.2) is 4.79 Å². The monoisotopic (exact) mass is 447 g/mol. The van der Waals surface area contributed by atoms with Gasteiger partial charge < -0.3 is 24.7 Å². The van der Waals surface area contributed by atoms with E-state index in [1.54, 1.807) is 4.90 Å². The third kappa shape index (κ3) is 4.97. The topological polar surface area (TPSA) is 83.8 Å². The highest BCUT2D eigenvalue weighted by Gasteiger charge is 2.24. The van der Waals surface area contributed by atoms with Crippen molar-refractivity contribution in [1.82, 2.24) is 10.2 Å². The van der Waals surface area contributed by atoms with Crippen molar-refractivity contribution in [2.45, 2.75) is 44.6 Å². The number of nitrogens with zero attached hydrogens (tertiary/aromatic N) is 1. The molecule has 7 heteroatoms. The van der Waals surface area contributed by atoms with Gasteiger partial charge >= 0.3 is 6.03 Å². The van der Waals surface area contributed by atoms with E-state index >= 15 is 0 Å². The number of urea groups is 1. The molecule has 0 atom stereocenters. The Labute approximate surface area is 193 Å². The molecular weight excluding hydrogens is 418 g/mol. The smallest absolute Gasteiger partial charge is 0.321 e. The zero-order valence-electron chi connectivity index (χ0n) is 18.6. The van der Waals surface area contributed by atoms with E-state index in [1.807, 2.05) is 48.5 Å². The standard InChI is InChI=1S/C26H29N3O4/c30-25(17-32-20-10-11-24-22(16-20)21-8-4-5-9-23(21)33-24)27-19-12-14-29(15-13-19)26(31)28-18-6-2-1-3-7-18/h1-3,6-7,10-11,16,19H,4-5,8-9,12-15,17H2,(H,27,30)(H,28,31). The molecule has 0 radical (unpaired) electrons. The predicted molar refractivity (Wildman–Crippen MR) is 127 cm³/mol. The second-order valence-corrected chi connectivity index (χ2v) is 8.78. The van der Waals surface area contributed by atoms with Crippen LogP contribution >= 0.6 is 0 Å². The fraction of sp³-hybridized carbons (Fsp3) is 0.385. The minimum Gasteiger partial charge on any atom is -0.484 e. The summed E-state index contributed by atoms with van der Waals surface area (Å²) in [4.78, 5) is 26.6. The lowest BCUT2D eigenvalue weighted by molar-refractivity contribution is -0.124. The van der Waals surface area contributed by atoms with E-state index < -0.39 is 0 Å². The van der Waals surface area contributed by atoms with E-state index in [-0.39, 0.29) is 24.6 Å². The Bertz CT molecular complexity index is 1130. The van der Waals surface area contributed by atoms with Crippen molar-refractivity contribution in [3.8, 4) is 5.75 Å². The van der Waals surface area contributed by atoms with Gasteiger partial charge in [0.2, 0.25) is 0 Å². The number of anilines is 1. The SMILES string of the molecule is O=C(COc1ccc2oc3c(c2c1)CCCC3)NC1CCN(C(=O)Nc2ccccc2)CC1. The highest BCUT2D eigenvalue weighted by molar-refractivity contribution is 5.89. The van der Waals surface area contributed by atoms with Crippen molar-refractivity contribution in [1.29, 1.82) is 0 Å². The van der Waals surface area contributed by atoms with Gasteiger partial charge in [0.25, 0.3) is 5.91 Å². The summed E-state index contributed by atoms with van der Waals surface area (Å²) in [5, 5.41) is 7.05. The fourth-order valence-electron chi connectivity index (χ4n) is 4.70. The average molecular weight is 448 g/mol. The van der Waals surface area contributed by atoms with Crippen molar-refractivity contribution in [2.24, 2.45) is 0 Å². The third-order valence-corrected chi connectivity index (χ3v) is 6.47. The molecule has 2 aliphatic rings. The summed E-state index contributed by atoms with van der Waals surface area (Å²) in [5.74, 6) is 1.63. The number of benzene rings is 2. The molecule has 1 aliphatic carbocycles. The molecule has 33 heavy (non-hydrogen) atoms. The Balaban J connectivity index is 1.08. The molecule has 1 fully saturated rings. The maximum absolute atomic E-state index is 12.4. The number of likely N-dealkylation sites (tertiary alicyclic amines) is 1. The van der Waals surface area contributed by atoms with Gasteiger partial charge in [0.1, 0.15) is 17.1 Å². The molecule has 1 saturated heterocycles. The van der Waals surface area contributed by atoms with Crippen molar-refractivity contribution in [3.63, 3.8) is 0 Å². The van der Waals surface area contributed by atoms with Crippen LogP contribution in [0.5, 0.6) is 5.75 Å². The van der Waals surface area contributed by atoms with Crippen LogP contribution in [-0.2, 0) is 17.6 Å². The molecule has 2 heterocycles. The number of piperidine rings is 1. The first-order chi connectivity index (χ1) is 16.2. The van der Waals surface area contributed by atoms with Gasteiger partial charge in [0, 0.05) is 42.2 Å². The van der Waals surface area contributed by atoms with E-state index in [0.29, 0.717) is 18.8 Å². The van der Waals surface area contributed by atoms with Gasteiger partial charge in [-0.2, -0.15) is 0 Å². The van der Waals surface area contributed by atoms with Crippen LogP contribution in [0.25, 0.3) is 11.0 Å². The molecule has 0 unspecified atom stereocenters. The van der Waals surface area contributed by atoms with Crippen molar-refractivity contribution in [2.75, 3.05) is 25.0 Å². The van der Waals surface area contributed by atoms with Gasteiger partial charge in [-0.1, -0.05) is 18.2 Å². The quantitative estimate of drug-likeness (QED) is 0.603. The molecule has 2 aromatic carbocycles. The number of ether oxygens (including phenoxy) is 1. The van der Waals surface area contributed by atoms with E-state index in [2.05, 4.69) is 10.6 Å². The highest BCUT2D eigenvalue weighted by atomic mass is 16.5. The van der Waals surface area contributed by atoms with Crippen LogP contribution < -0.4 is 15.4 Å². The number of hydrogen-bond donors (Lipinski definition) is 2.